The molecule has 2 nitrogen and oxygen atoms in total. The van der Waals surface area contributed by atoms with Gasteiger partial charge in [-0.25, -0.2) is 0 Å². The van der Waals surface area contributed by atoms with Gasteiger partial charge >= 0.3 is 0 Å². The van der Waals surface area contributed by atoms with Crippen molar-refractivity contribution in [2.75, 3.05) is 30.9 Å². The van der Waals surface area contributed by atoms with E-state index in [0.29, 0.717) is 0 Å². The molecule has 1 aliphatic carbocycles. The van der Waals surface area contributed by atoms with Crippen LogP contribution in [0.1, 0.15) is 18.4 Å². The quantitative estimate of drug-likeness (QED) is 0.811. The van der Waals surface area contributed by atoms with Gasteiger partial charge in [-0.3, -0.25) is 0 Å². The lowest BCUT2D eigenvalue weighted by Crippen LogP contribution is -2.10. The number of anilines is 2. The Balaban J connectivity index is 2.04. The van der Waals surface area contributed by atoms with Crippen molar-refractivity contribution in [3.8, 4) is 0 Å². The van der Waals surface area contributed by atoms with Crippen molar-refractivity contribution in [2.45, 2.75) is 19.8 Å². The van der Waals surface area contributed by atoms with E-state index in [-0.39, 0.29) is 0 Å². The molecule has 1 fully saturated rings. The Hall–Kier alpha value is -1.18. The van der Waals surface area contributed by atoms with Gasteiger partial charge in [-0.15, -0.1) is 0 Å². The second-order valence-corrected chi connectivity index (χ2v) is 4.72. The van der Waals surface area contributed by atoms with E-state index in [4.69, 9.17) is 0 Å². The molecule has 0 bridgehead atoms. The Morgan fingerprint density at radius 1 is 1.33 bits per heavy atom. The number of nitrogens with one attached hydrogen (secondary N) is 1. The number of hydrogen-bond acceptors (Lipinski definition) is 2. The molecule has 1 aromatic rings. The van der Waals surface area contributed by atoms with Gasteiger partial charge in [0.05, 0.1) is 0 Å². The molecule has 1 aliphatic rings. The summed E-state index contributed by atoms with van der Waals surface area (Å²) in [6.07, 6.45) is 2.81. The van der Waals surface area contributed by atoms with Gasteiger partial charge in [0.2, 0.25) is 0 Å². The van der Waals surface area contributed by atoms with Crippen molar-refractivity contribution in [2.24, 2.45) is 5.92 Å². The third-order valence-corrected chi connectivity index (χ3v) is 3.00. The van der Waals surface area contributed by atoms with Crippen molar-refractivity contribution in [3.05, 3.63) is 23.8 Å². The first kappa shape index (κ1) is 10.3. The first-order valence-corrected chi connectivity index (χ1v) is 5.68. The molecule has 0 radical (unpaired) electrons. The maximum Gasteiger partial charge on any atom is 0.0371 e. The van der Waals surface area contributed by atoms with Crippen LogP contribution < -0.4 is 10.2 Å². The molecule has 0 aromatic heterocycles. The molecule has 1 saturated carbocycles. The fourth-order valence-electron chi connectivity index (χ4n) is 1.70. The molecule has 82 valence electrons. The smallest absolute Gasteiger partial charge is 0.0371 e. The number of hydrogen-bond donors (Lipinski definition) is 1. The zero-order valence-corrected chi connectivity index (χ0v) is 9.88. The van der Waals surface area contributed by atoms with Crippen molar-refractivity contribution >= 4 is 11.4 Å². The highest BCUT2D eigenvalue weighted by atomic mass is 15.1. The Bertz CT molecular complexity index is 340. The summed E-state index contributed by atoms with van der Waals surface area (Å²) < 4.78 is 0. The average Bonchev–Trinajstić information content (AvgIpc) is 2.99. The summed E-state index contributed by atoms with van der Waals surface area (Å²) in [5.74, 6) is 0.929. The molecular weight excluding hydrogens is 184 g/mol. The van der Waals surface area contributed by atoms with E-state index in [1.807, 2.05) is 0 Å². The largest absolute Gasteiger partial charge is 0.385 e. The fourth-order valence-corrected chi connectivity index (χ4v) is 1.70. The number of nitrogens with zero attached hydrogens (tertiary/aromatic N) is 1. The normalized spacial score (nSPS) is 15.1. The van der Waals surface area contributed by atoms with Crippen LogP contribution in [0.15, 0.2) is 18.2 Å². The predicted molar refractivity (Wildman–Crippen MR) is 66.7 cm³/mol. The van der Waals surface area contributed by atoms with Gasteiger partial charge in [-0.2, -0.15) is 0 Å². The van der Waals surface area contributed by atoms with Gasteiger partial charge < -0.3 is 10.2 Å². The summed E-state index contributed by atoms with van der Waals surface area (Å²) in [6.45, 7) is 3.31. The van der Waals surface area contributed by atoms with Crippen LogP contribution >= 0.6 is 0 Å². The Morgan fingerprint density at radius 3 is 2.60 bits per heavy atom. The Kier molecular flexibility index (Phi) is 2.85. The summed E-state index contributed by atoms with van der Waals surface area (Å²) in [5, 5.41) is 3.52. The monoisotopic (exact) mass is 204 g/mol. The van der Waals surface area contributed by atoms with Crippen LogP contribution in [-0.4, -0.2) is 20.6 Å². The van der Waals surface area contributed by atoms with Crippen LogP contribution in [0.4, 0.5) is 11.4 Å². The van der Waals surface area contributed by atoms with Crippen LogP contribution in [0.2, 0.25) is 0 Å². The highest BCUT2D eigenvalue weighted by Gasteiger charge is 2.20. The summed E-state index contributed by atoms with van der Waals surface area (Å²) >= 11 is 0. The number of aryl methyl sites for hydroxylation is 1. The molecular formula is C13H20N2. The third-order valence-electron chi connectivity index (χ3n) is 3.00. The second-order valence-electron chi connectivity index (χ2n) is 4.72. The first-order chi connectivity index (χ1) is 7.16. The SMILES string of the molecule is Cc1cc(N(C)C)ccc1NCC1CC1. The fraction of sp³-hybridized carbons (Fsp3) is 0.538. The molecule has 2 heteroatoms. The van der Waals surface area contributed by atoms with Crippen LogP contribution in [0.3, 0.4) is 0 Å². The average molecular weight is 204 g/mol. The molecule has 2 rings (SSSR count). The van der Waals surface area contributed by atoms with E-state index in [9.17, 15) is 0 Å². The molecule has 15 heavy (non-hydrogen) atoms. The molecule has 0 atom stereocenters. The number of benzene rings is 1. The molecule has 0 aliphatic heterocycles. The lowest BCUT2D eigenvalue weighted by atomic mass is 10.1. The molecule has 0 saturated heterocycles. The van der Waals surface area contributed by atoms with Crippen LogP contribution in [0.5, 0.6) is 0 Å². The Labute approximate surface area is 92.3 Å². The van der Waals surface area contributed by atoms with E-state index < -0.39 is 0 Å². The molecule has 1 aromatic carbocycles. The molecule has 0 amide bonds. The summed E-state index contributed by atoms with van der Waals surface area (Å²) in [5.41, 5.74) is 3.89. The lowest BCUT2D eigenvalue weighted by Gasteiger charge is -2.15. The molecule has 0 spiro atoms. The highest BCUT2D eigenvalue weighted by Crippen LogP contribution is 2.30. The third kappa shape index (κ3) is 2.65. The first-order valence-electron chi connectivity index (χ1n) is 5.68. The zero-order chi connectivity index (χ0) is 10.8. The maximum atomic E-state index is 3.52. The van der Waals surface area contributed by atoms with E-state index in [1.54, 1.807) is 0 Å². The minimum atomic E-state index is 0.929. The highest BCUT2D eigenvalue weighted by molar-refractivity contribution is 5.59. The van der Waals surface area contributed by atoms with E-state index >= 15 is 0 Å². The van der Waals surface area contributed by atoms with Crippen LogP contribution in [0, 0.1) is 12.8 Å². The van der Waals surface area contributed by atoms with Crippen molar-refractivity contribution in [3.63, 3.8) is 0 Å². The Morgan fingerprint density at radius 2 is 2.07 bits per heavy atom. The molecule has 0 heterocycles. The predicted octanol–water partition coefficient (Wildman–Crippen LogP) is 2.88. The van der Waals surface area contributed by atoms with Gasteiger partial charge in [-0.1, -0.05) is 0 Å². The maximum absolute atomic E-state index is 3.52. The van der Waals surface area contributed by atoms with Gasteiger partial charge in [-0.05, 0) is 49.4 Å². The zero-order valence-electron chi connectivity index (χ0n) is 9.88. The van der Waals surface area contributed by atoms with E-state index in [2.05, 4.69) is 49.4 Å². The summed E-state index contributed by atoms with van der Waals surface area (Å²) in [4.78, 5) is 2.14. The minimum Gasteiger partial charge on any atom is -0.385 e. The van der Waals surface area contributed by atoms with E-state index in [1.165, 1.54) is 29.8 Å². The topological polar surface area (TPSA) is 15.3 Å². The summed E-state index contributed by atoms with van der Waals surface area (Å²) in [7, 11) is 4.15. The van der Waals surface area contributed by atoms with Crippen molar-refractivity contribution in [1.29, 1.82) is 0 Å². The van der Waals surface area contributed by atoms with Gasteiger partial charge in [0.25, 0.3) is 0 Å². The number of rotatable bonds is 4. The van der Waals surface area contributed by atoms with Gasteiger partial charge in [0, 0.05) is 32.0 Å². The van der Waals surface area contributed by atoms with Gasteiger partial charge in [0.15, 0.2) is 0 Å². The minimum absolute atomic E-state index is 0.929. The van der Waals surface area contributed by atoms with Crippen LogP contribution in [-0.2, 0) is 0 Å². The molecule has 0 unspecified atom stereocenters. The summed E-state index contributed by atoms with van der Waals surface area (Å²) in [6, 6.07) is 6.59. The van der Waals surface area contributed by atoms with E-state index in [0.717, 1.165) is 12.5 Å². The van der Waals surface area contributed by atoms with Crippen molar-refractivity contribution in [1.82, 2.24) is 0 Å². The van der Waals surface area contributed by atoms with Crippen LogP contribution in [0.25, 0.3) is 0 Å². The molecule has 1 N–H and O–H groups in total. The standard InChI is InChI=1S/C13H20N2/c1-10-8-12(15(2)3)6-7-13(10)14-9-11-4-5-11/h6-8,11,14H,4-5,9H2,1-3H3. The van der Waals surface area contributed by atoms with Crippen molar-refractivity contribution < 1.29 is 0 Å². The second kappa shape index (κ2) is 4.13. The van der Waals surface area contributed by atoms with Gasteiger partial charge in [0.1, 0.15) is 0 Å². The lowest BCUT2D eigenvalue weighted by molar-refractivity contribution is 0.888.